The molecule has 0 aliphatic heterocycles. The summed E-state index contributed by atoms with van der Waals surface area (Å²) in [6, 6.07) is 11.3. The van der Waals surface area contributed by atoms with E-state index in [2.05, 4.69) is 11.8 Å². The Bertz CT molecular complexity index is 609. The van der Waals surface area contributed by atoms with Crippen LogP contribution in [0.4, 0.5) is 15.8 Å². The van der Waals surface area contributed by atoms with Crippen LogP contribution in [0.2, 0.25) is 0 Å². The van der Waals surface area contributed by atoms with Crippen molar-refractivity contribution in [1.82, 2.24) is 0 Å². The summed E-state index contributed by atoms with van der Waals surface area (Å²) >= 11 is 0. The lowest BCUT2D eigenvalue weighted by atomic mass is 10.1. The summed E-state index contributed by atoms with van der Waals surface area (Å²) in [5.74, 6) is 5.33. The highest BCUT2D eigenvalue weighted by atomic mass is 19.1. The second-order valence-electron chi connectivity index (χ2n) is 3.57. The summed E-state index contributed by atoms with van der Waals surface area (Å²) in [6.07, 6.45) is 0. The Morgan fingerprint density at radius 1 is 0.824 bits per heavy atom. The molecule has 2 aromatic rings. The summed E-state index contributed by atoms with van der Waals surface area (Å²) in [5.41, 5.74) is 13.7. The highest BCUT2D eigenvalue weighted by molar-refractivity contribution is 5.61. The van der Waals surface area contributed by atoms with Crippen molar-refractivity contribution in [2.45, 2.75) is 0 Å². The van der Waals surface area contributed by atoms with E-state index in [0.29, 0.717) is 22.5 Å². The largest absolute Gasteiger partial charge is 0.398 e. The number of para-hydroxylation sites is 1. The monoisotopic (exact) mass is 226 g/mol. The van der Waals surface area contributed by atoms with Crippen molar-refractivity contribution in [3.8, 4) is 11.8 Å². The molecule has 4 N–H and O–H groups in total. The van der Waals surface area contributed by atoms with Crippen LogP contribution < -0.4 is 11.5 Å². The molecular weight excluding hydrogens is 215 g/mol. The molecule has 0 aromatic heterocycles. The van der Waals surface area contributed by atoms with Crippen LogP contribution in [0, 0.1) is 17.7 Å². The van der Waals surface area contributed by atoms with E-state index in [9.17, 15) is 4.39 Å². The number of hydrogen-bond donors (Lipinski definition) is 2. The Kier molecular flexibility index (Phi) is 2.97. The molecule has 0 spiro atoms. The number of rotatable bonds is 0. The minimum Gasteiger partial charge on any atom is -0.398 e. The first kappa shape index (κ1) is 11.0. The Morgan fingerprint density at radius 2 is 1.47 bits per heavy atom. The van der Waals surface area contributed by atoms with E-state index in [4.69, 9.17) is 11.5 Å². The van der Waals surface area contributed by atoms with Gasteiger partial charge in [-0.15, -0.1) is 0 Å². The predicted molar refractivity (Wildman–Crippen MR) is 67.6 cm³/mol. The van der Waals surface area contributed by atoms with Gasteiger partial charge in [-0.05, 0) is 30.3 Å². The molecule has 0 bridgehead atoms. The SMILES string of the molecule is Nc1ccccc1C#Cc1cc(F)ccc1N. The number of nitrogens with two attached hydrogens (primary N) is 2. The summed E-state index contributed by atoms with van der Waals surface area (Å²) in [7, 11) is 0. The van der Waals surface area contributed by atoms with Crippen LogP contribution in [0.3, 0.4) is 0 Å². The molecule has 3 heteroatoms. The van der Waals surface area contributed by atoms with E-state index in [1.807, 2.05) is 12.1 Å². The fourth-order valence-electron chi connectivity index (χ4n) is 1.38. The molecular formula is C14H11FN2. The van der Waals surface area contributed by atoms with Gasteiger partial charge in [0.1, 0.15) is 5.82 Å². The van der Waals surface area contributed by atoms with Gasteiger partial charge in [-0.1, -0.05) is 24.0 Å². The molecule has 2 nitrogen and oxygen atoms in total. The summed E-state index contributed by atoms with van der Waals surface area (Å²) in [6.45, 7) is 0. The van der Waals surface area contributed by atoms with Crippen LogP contribution in [0.25, 0.3) is 0 Å². The molecule has 0 atom stereocenters. The van der Waals surface area contributed by atoms with Gasteiger partial charge in [0.2, 0.25) is 0 Å². The van der Waals surface area contributed by atoms with Crippen LogP contribution in [-0.2, 0) is 0 Å². The molecule has 0 heterocycles. The Balaban J connectivity index is 2.40. The molecule has 0 unspecified atom stereocenters. The third kappa shape index (κ3) is 2.56. The van der Waals surface area contributed by atoms with Gasteiger partial charge < -0.3 is 11.5 Å². The van der Waals surface area contributed by atoms with Gasteiger partial charge in [-0.2, -0.15) is 0 Å². The maximum atomic E-state index is 13.0. The molecule has 0 aliphatic rings. The summed E-state index contributed by atoms with van der Waals surface area (Å²) in [5, 5.41) is 0. The second-order valence-corrected chi connectivity index (χ2v) is 3.57. The third-order valence-electron chi connectivity index (χ3n) is 2.31. The zero-order valence-electron chi connectivity index (χ0n) is 9.07. The van der Waals surface area contributed by atoms with Crippen molar-refractivity contribution in [3.63, 3.8) is 0 Å². The molecule has 2 rings (SSSR count). The molecule has 0 saturated heterocycles. The van der Waals surface area contributed by atoms with Crippen molar-refractivity contribution in [2.75, 3.05) is 11.5 Å². The topological polar surface area (TPSA) is 52.0 Å². The second kappa shape index (κ2) is 4.58. The fourth-order valence-corrected chi connectivity index (χ4v) is 1.38. The molecule has 17 heavy (non-hydrogen) atoms. The molecule has 84 valence electrons. The lowest BCUT2D eigenvalue weighted by Crippen LogP contribution is -1.92. The van der Waals surface area contributed by atoms with E-state index in [1.54, 1.807) is 12.1 Å². The van der Waals surface area contributed by atoms with Crippen LogP contribution in [-0.4, -0.2) is 0 Å². The fraction of sp³-hybridized carbons (Fsp3) is 0. The first-order chi connectivity index (χ1) is 8.16. The zero-order valence-corrected chi connectivity index (χ0v) is 9.07. The normalized spacial score (nSPS) is 9.47. The quantitative estimate of drug-likeness (QED) is 0.535. The van der Waals surface area contributed by atoms with E-state index in [0.717, 1.165) is 0 Å². The zero-order chi connectivity index (χ0) is 12.3. The molecule has 0 fully saturated rings. The molecule has 2 aromatic carbocycles. The lowest BCUT2D eigenvalue weighted by Gasteiger charge is -1.98. The summed E-state index contributed by atoms with van der Waals surface area (Å²) in [4.78, 5) is 0. The minimum atomic E-state index is -0.357. The van der Waals surface area contributed by atoms with E-state index in [-0.39, 0.29) is 5.82 Å². The average molecular weight is 226 g/mol. The minimum absolute atomic E-state index is 0.357. The maximum absolute atomic E-state index is 13.0. The lowest BCUT2D eigenvalue weighted by molar-refractivity contribution is 0.627. The summed E-state index contributed by atoms with van der Waals surface area (Å²) < 4.78 is 13.0. The van der Waals surface area contributed by atoms with Crippen LogP contribution in [0.15, 0.2) is 42.5 Å². The van der Waals surface area contributed by atoms with Gasteiger partial charge in [0.25, 0.3) is 0 Å². The van der Waals surface area contributed by atoms with Gasteiger partial charge >= 0.3 is 0 Å². The molecule has 0 amide bonds. The number of hydrogen-bond acceptors (Lipinski definition) is 2. The van der Waals surface area contributed by atoms with Crippen LogP contribution in [0.5, 0.6) is 0 Å². The van der Waals surface area contributed by atoms with Crippen molar-refractivity contribution in [1.29, 1.82) is 0 Å². The standard InChI is InChI=1S/C14H11FN2/c15-12-7-8-14(17)11(9-12)6-5-10-3-1-2-4-13(10)16/h1-4,7-9H,16-17H2. The first-order valence-corrected chi connectivity index (χ1v) is 5.08. The van der Waals surface area contributed by atoms with Crippen molar-refractivity contribution < 1.29 is 4.39 Å². The third-order valence-corrected chi connectivity index (χ3v) is 2.31. The number of nitrogen functional groups attached to an aromatic ring is 2. The van der Waals surface area contributed by atoms with Crippen molar-refractivity contribution in [2.24, 2.45) is 0 Å². The van der Waals surface area contributed by atoms with Crippen LogP contribution in [0.1, 0.15) is 11.1 Å². The Morgan fingerprint density at radius 3 is 2.24 bits per heavy atom. The maximum Gasteiger partial charge on any atom is 0.124 e. The van der Waals surface area contributed by atoms with Crippen molar-refractivity contribution in [3.05, 3.63) is 59.4 Å². The van der Waals surface area contributed by atoms with Gasteiger partial charge in [0, 0.05) is 16.9 Å². The number of halogens is 1. The van der Waals surface area contributed by atoms with E-state index >= 15 is 0 Å². The smallest absolute Gasteiger partial charge is 0.124 e. The average Bonchev–Trinajstić information content (AvgIpc) is 2.32. The predicted octanol–water partition coefficient (Wildman–Crippen LogP) is 2.39. The number of anilines is 2. The van der Waals surface area contributed by atoms with Crippen LogP contribution >= 0.6 is 0 Å². The van der Waals surface area contributed by atoms with Gasteiger partial charge in [-0.25, -0.2) is 4.39 Å². The number of benzene rings is 2. The molecule has 0 saturated carbocycles. The van der Waals surface area contributed by atoms with Crippen molar-refractivity contribution >= 4 is 11.4 Å². The van der Waals surface area contributed by atoms with Gasteiger partial charge in [-0.3, -0.25) is 0 Å². The molecule has 0 aliphatic carbocycles. The first-order valence-electron chi connectivity index (χ1n) is 5.08. The highest BCUT2D eigenvalue weighted by Gasteiger charge is 1.98. The Hall–Kier alpha value is -2.47. The van der Waals surface area contributed by atoms with E-state index < -0.39 is 0 Å². The van der Waals surface area contributed by atoms with Gasteiger partial charge in [0.05, 0.1) is 5.56 Å². The van der Waals surface area contributed by atoms with Gasteiger partial charge in [0.15, 0.2) is 0 Å². The highest BCUT2D eigenvalue weighted by Crippen LogP contribution is 2.13. The Labute approximate surface area is 99.1 Å². The molecule has 0 radical (unpaired) electrons. The van der Waals surface area contributed by atoms with E-state index in [1.165, 1.54) is 18.2 Å².